The SMILES string of the molecule is Nc1nc(N2CCC3(CC2)COC[C@H]3N)cnc1Sc1ccc2c(c1)NC(=O)C2(F)F. The zero-order valence-electron chi connectivity index (χ0n) is 16.6. The van der Waals surface area contributed by atoms with Crippen LogP contribution in [0.3, 0.4) is 0 Å². The van der Waals surface area contributed by atoms with E-state index in [9.17, 15) is 13.6 Å². The number of fused-ring (bicyclic) bond motifs is 1. The zero-order valence-corrected chi connectivity index (χ0v) is 17.4. The van der Waals surface area contributed by atoms with Gasteiger partial charge in [-0.25, -0.2) is 9.97 Å². The van der Waals surface area contributed by atoms with Gasteiger partial charge in [-0.2, -0.15) is 8.78 Å². The van der Waals surface area contributed by atoms with Crippen LogP contribution in [0.4, 0.5) is 26.1 Å². The lowest BCUT2D eigenvalue weighted by molar-refractivity contribution is -0.139. The Morgan fingerprint density at radius 1 is 1.29 bits per heavy atom. The lowest BCUT2D eigenvalue weighted by Gasteiger charge is -2.41. The van der Waals surface area contributed by atoms with E-state index in [0.717, 1.165) is 25.9 Å². The molecule has 0 unspecified atom stereocenters. The van der Waals surface area contributed by atoms with E-state index in [2.05, 4.69) is 20.2 Å². The Morgan fingerprint density at radius 3 is 2.74 bits per heavy atom. The second kappa shape index (κ2) is 7.28. The number of nitrogens with two attached hydrogens (primary N) is 2. The molecule has 1 amide bonds. The molecule has 1 atom stereocenters. The van der Waals surface area contributed by atoms with Crippen molar-refractivity contribution in [3.8, 4) is 0 Å². The molecule has 164 valence electrons. The summed E-state index contributed by atoms with van der Waals surface area (Å²) in [5, 5.41) is 2.68. The summed E-state index contributed by atoms with van der Waals surface area (Å²) in [6.45, 7) is 2.92. The van der Waals surface area contributed by atoms with Crippen molar-refractivity contribution in [1.29, 1.82) is 0 Å². The molecule has 5 N–H and O–H groups in total. The summed E-state index contributed by atoms with van der Waals surface area (Å²) in [5.41, 5.74) is 12.2. The summed E-state index contributed by atoms with van der Waals surface area (Å²) >= 11 is 1.21. The highest BCUT2D eigenvalue weighted by molar-refractivity contribution is 7.99. The number of benzene rings is 1. The number of anilines is 3. The summed E-state index contributed by atoms with van der Waals surface area (Å²) in [6, 6.07) is 4.32. The quantitative estimate of drug-likeness (QED) is 0.654. The molecular weight excluding hydrogens is 426 g/mol. The van der Waals surface area contributed by atoms with Crippen LogP contribution < -0.4 is 21.7 Å². The van der Waals surface area contributed by atoms with Gasteiger partial charge in [0.2, 0.25) is 0 Å². The number of halogens is 2. The first-order valence-corrected chi connectivity index (χ1v) is 10.8. The first-order valence-electron chi connectivity index (χ1n) is 10.0. The predicted octanol–water partition coefficient (Wildman–Crippen LogP) is 2.20. The Hall–Kier alpha value is -2.50. The van der Waals surface area contributed by atoms with E-state index in [1.54, 1.807) is 6.20 Å². The first-order chi connectivity index (χ1) is 14.8. The van der Waals surface area contributed by atoms with Crippen molar-refractivity contribution in [2.45, 2.75) is 34.7 Å². The van der Waals surface area contributed by atoms with Gasteiger partial charge in [0.25, 0.3) is 5.91 Å². The van der Waals surface area contributed by atoms with Gasteiger partial charge in [-0.1, -0.05) is 11.8 Å². The predicted molar refractivity (Wildman–Crippen MR) is 112 cm³/mol. The fourth-order valence-corrected chi connectivity index (χ4v) is 5.17. The summed E-state index contributed by atoms with van der Waals surface area (Å²) in [4.78, 5) is 23.1. The first kappa shape index (κ1) is 20.4. The van der Waals surface area contributed by atoms with Crippen molar-refractivity contribution < 1.29 is 18.3 Å². The van der Waals surface area contributed by atoms with E-state index in [1.807, 2.05) is 0 Å². The standard InChI is InChI=1S/C20H22F2N6O2S/c21-20(22)12-2-1-11(7-13(12)26-18(20)29)31-17-16(24)27-15(8-25-17)28-5-3-19(4-6-28)10-30-9-14(19)23/h1-2,7-8,14H,3-6,9-10,23H2,(H2,24,27)(H,26,29)/t14-/m1/s1. The minimum Gasteiger partial charge on any atom is -0.381 e. The van der Waals surface area contributed by atoms with E-state index in [-0.39, 0.29) is 28.5 Å². The van der Waals surface area contributed by atoms with Crippen LogP contribution in [0, 0.1) is 5.41 Å². The molecule has 8 nitrogen and oxygen atoms in total. The highest BCUT2D eigenvalue weighted by Gasteiger charge is 2.48. The largest absolute Gasteiger partial charge is 0.381 e. The maximum atomic E-state index is 13.8. The van der Waals surface area contributed by atoms with Crippen LogP contribution in [0.15, 0.2) is 34.3 Å². The van der Waals surface area contributed by atoms with Gasteiger partial charge in [-0.15, -0.1) is 0 Å². The van der Waals surface area contributed by atoms with Crippen LogP contribution in [-0.2, 0) is 15.5 Å². The number of hydrogen-bond acceptors (Lipinski definition) is 8. The molecule has 0 bridgehead atoms. The number of ether oxygens (including phenoxy) is 1. The van der Waals surface area contributed by atoms with Gasteiger partial charge >= 0.3 is 5.92 Å². The fourth-order valence-electron chi connectivity index (χ4n) is 4.38. The number of rotatable bonds is 3. The average molecular weight is 448 g/mol. The van der Waals surface area contributed by atoms with Crippen molar-refractivity contribution in [1.82, 2.24) is 9.97 Å². The Morgan fingerprint density at radius 2 is 2.06 bits per heavy atom. The number of alkyl halides is 2. The molecule has 11 heteroatoms. The monoisotopic (exact) mass is 448 g/mol. The third-order valence-electron chi connectivity index (χ3n) is 6.39. The van der Waals surface area contributed by atoms with Crippen LogP contribution >= 0.6 is 11.8 Å². The topological polar surface area (TPSA) is 119 Å². The number of piperidine rings is 1. The molecule has 1 spiro atoms. The number of carbonyl (C=O) groups is 1. The van der Waals surface area contributed by atoms with Crippen molar-refractivity contribution in [3.63, 3.8) is 0 Å². The molecule has 0 aliphatic carbocycles. The van der Waals surface area contributed by atoms with Crippen molar-refractivity contribution >= 4 is 35.0 Å². The lowest BCUT2D eigenvalue weighted by Crippen LogP contribution is -2.49. The van der Waals surface area contributed by atoms with E-state index in [1.165, 1.54) is 30.0 Å². The number of nitrogens with zero attached hydrogens (tertiary/aromatic N) is 3. The van der Waals surface area contributed by atoms with Crippen LogP contribution in [0.25, 0.3) is 0 Å². The summed E-state index contributed by atoms with van der Waals surface area (Å²) in [6.07, 6.45) is 3.53. The highest BCUT2D eigenvalue weighted by Crippen LogP contribution is 2.43. The highest BCUT2D eigenvalue weighted by atomic mass is 32.2. The van der Waals surface area contributed by atoms with Crippen LogP contribution in [0.2, 0.25) is 0 Å². The van der Waals surface area contributed by atoms with Gasteiger partial charge in [-0.05, 0) is 31.0 Å². The molecule has 31 heavy (non-hydrogen) atoms. The minimum absolute atomic E-state index is 0.0467. The Kier molecular flexibility index (Phi) is 4.79. The molecule has 2 aromatic rings. The molecule has 4 heterocycles. The van der Waals surface area contributed by atoms with E-state index in [0.29, 0.717) is 29.0 Å². The summed E-state index contributed by atoms with van der Waals surface area (Å²) < 4.78 is 33.2. The van der Waals surface area contributed by atoms with Crippen LogP contribution in [0.5, 0.6) is 0 Å². The molecule has 3 aliphatic heterocycles. The molecule has 2 fully saturated rings. The van der Waals surface area contributed by atoms with E-state index in [4.69, 9.17) is 16.2 Å². The fraction of sp³-hybridized carbons (Fsp3) is 0.450. The van der Waals surface area contributed by atoms with Gasteiger partial charge in [0.15, 0.2) is 5.82 Å². The number of aromatic nitrogens is 2. The normalized spacial score (nSPS) is 23.8. The van der Waals surface area contributed by atoms with Gasteiger partial charge in [0.05, 0.1) is 30.7 Å². The van der Waals surface area contributed by atoms with Gasteiger partial charge in [-0.3, -0.25) is 4.79 Å². The van der Waals surface area contributed by atoms with Crippen molar-refractivity contribution in [2.75, 3.05) is 42.3 Å². The molecule has 5 rings (SSSR count). The maximum absolute atomic E-state index is 13.8. The Labute approximate surface area is 181 Å². The van der Waals surface area contributed by atoms with Crippen LogP contribution in [0.1, 0.15) is 18.4 Å². The molecule has 0 saturated carbocycles. The number of amides is 1. The second-order valence-electron chi connectivity index (χ2n) is 8.23. The molecule has 1 aromatic carbocycles. The third kappa shape index (κ3) is 3.40. The van der Waals surface area contributed by atoms with E-state index >= 15 is 0 Å². The second-order valence-corrected chi connectivity index (χ2v) is 9.29. The Bertz CT molecular complexity index is 1040. The summed E-state index contributed by atoms with van der Waals surface area (Å²) in [7, 11) is 0. The summed E-state index contributed by atoms with van der Waals surface area (Å²) in [5.74, 6) is -3.87. The van der Waals surface area contributed by atoms with Crippen molar-refractivity contribution in [3.05, 3.63) is 30.0 Å². The van der Waals surface area contributed by atoms with Gasteiger partial charge < -0.3 is 26.4 Å². The number of hydrogen-bond donors (Lipinski definition) is 3. The Balaban J connectivity index is 1.29. The maximum Gasteiger partial charge on any atom is 0.352 e. The number of carbonyl (C=O) groups excluding carboxylic acids is 1. The van der Waals surface area contributed by atoms with Gasteiger partial charge in [0.1, 0.15) is 10.8 Å². The third-order valence-corrected chi connectivity index (χ3v) is 7.38. The van der Waals surface area contributed by atoms with Crippen LogP contribution in [-0.4, -0.2) is 48.2 Å². The number of nitrogen functional groups attached to an aromatic ring is 1. The molecule has 3 aliphatic rings. The smallest absolute Gasteiger partial charge is 0.352 e. The lowest BCUT2D eigenvalue weighted by atomic mass is 9.75. The number of nitrogens with one attached hydrogen (secondary N) is 1. The molecule has 1 aromatic heterocycles. The zero-order chi connectivity index (χ0) is 21.8. The molecular formula is C20H22F2N6O2S. The molecule has 2 saturated heterocycles. The average Bonchev–Trinajstić information content (AvgIpc) is 3.20. The van der Waals surface area contributed by atoms with Crippen molar-refractivity contribution in [2.24, 2.45) is 11.1 Å². The van der Waals surface area contributed by atoms with Gasteiger partial charge in [0, 0.05) is 29.4 Å². The van der Waals surface area contributed by atoms with E-state index < -0.39 is 11.8 Å². The minimum atomic E-state index is -3.51. The molecule has 0 radical (unpaired) electrons.